The molecule has 0 aliphatic carbocycles. The molecule has 4 nitrogen and oxygen atoms in total. The van der Waals surface area contributed by atoms with Gasteiger partial charge in [0.15, 0.2) is 0 Å². The van der Waals surface area contributed by atoms with Gasteiger partial charge in [-0.2, -0.15) is 0 Å². The number of anilines is 1. The third-order valence-electron chi connectivity index (χ3n) is 4.21. The Morgan fingerprint density at radius 3 is 2.48 bits per heavy atom. The molecule has 2 N–H and O–H groups in total. The molecular weight excluding hydrogens is 341 g/mol. The molecule has 138 valence electrons. The molecule has 0 radical (unpaired) electrons. The fraction of sp³-hybridized carbons (Fsp3) is 0.182. The Bertz CT molecular complexity index is 866. The van der Waals surface area contributed by atoms with E-state index < -0.39 is 0 Å². The molecular formula is C22H22FN3O. The van der Waals surface area contributed by atoms with Crippen LogP contribution in [0, 0.1) is 5.82 Å². The van der Waals surface area contributed by atoms with Crippen molar-refractivity contribution in [3.8, 4) is 0 Å². The maximum Gasteiger partial charge on any atom is 0.253 e. The van der Waals surface area contributed by atoms with Gasteiger partial charge in [-0.15, -0.1) is 0 Å². The zero-order chi connectivity index (χ0) is 18.9. The van der Waals surface area contributed by atoms with Gasteiger partial charge in [-0.1, -0.05) is 48.5 Å². The van der Waals surface area contributed by atoms with Crippen LogP contribution in [-0.4, -0.2) is 17.4 Å². The minimum atomic E-state index is -0.328. The van der Waals surface area contributed by atoms with Crippen LogP contribution in [0.25, 0.3) is 0 Å². The minimum Gasteiger partial charge on any atom is -0.370 e. The van der Waals surface area contributed by atoms with E-state index in [4.69, 9.17) is 0 Å². The van der Waals surface area contributed by atoms with Gasteiger partial charge < -0.3 is 10.6 Å². The molecule has 3 rings (SSSR count). The van der Waals surface area contributed by atoms with Crippen LogP contribution in [0.15, 0.2) is 72.9 Å². The lowest BCUT2D eigenvalue weighted by atomic mass is 10.1. The molecule has 0 saturated carbocycles. The Hall–Kier alpha value is -3.21. The molecule has 2 aromatic carbocycles. The average molecular weight is 363 g/mol. The zero-order valence-corrected chi connectivity index (χ0v) is 15.0. The van der Waals surface area contributed by atoms with Crippen LogP contribution in [-0.2, 0) is 13.0 Å². The summed E-state index contributed by atoms with van der Waals surface area (Å²) in [4.78, 5) is 16.4. The summed E-state index contributed by atoms with van der Waals surface area (Å²) in [5.74, 6) is 0.126. The van der Waals surface area contributed by atoms with E-state index in [-0.39, 0.29) is 18.3 Å². The van der Waals surface area contributed by atoms with Crippen molar-refractivity contribution in [3.05, 3.63) is 95.4 Å². The van der Waals surface area contributed by atoms with E-state index in [0.717, 1.165) is 25.2 Å². The number of rotatable bonds is 8. The molecule has 0 atom stereocenters. The first kappa shape index (κ1) is 18.6. The van der Waals surface area contributed by atoms with E-state index in [1.165, 1.54) is 17.8 Å². The fourth-order valence-corrected chi connectivity index (χ4v) is 2.71. The SMILES string of the molecule is O=C(NCc1ccccc1F)c1ccc(NCCCc2ccccc2)nc1. The number of aryl methyl sites for hydroxylation is 1. The molecule has 27 heavy (non-hydrogen) atoms. The number of aromatic nitrogens is 1. The average Bonchev–Trinajstić information content (AvgIpc) is 2.72. The van der Waals surface area contributed by atoms with Gasteiger partial charge in [0.2, 0.25) is 0 Å². The number of carbonyl (C=O) groups excluding carboxylic acids is 1. The Kier molecular flexibility index (Phi) is 6.52. The van der Waals surface area contributed by atoms with Gasteiger partial charge in [-0.25, -0.2) is 9.37 Å². The van der Waals surface area contributed by atoms with Crippen molar-refractivity contribution in [2.75, 3.05) is 11.9 Å². The molecule has 0 fully saturated rings. The van der Waals surface area contributed by atoms with E-state index in [9.17, 15) is 9.18 Å². The van der Waals surface area contributed by atoms with Crippen LogP contribution in [0.5, 0.6) is 0 Å². The van der Waals surface area contributed by atoms with E-state index in [1.54, 1.807) is 30.3 Å². The van der Waals surface area contributed by atoms with Crippen molar-refractivity contribution < 1.29 is 9.18 Å². The molecule has 0 unspecified atom stereocenters. The summed E-state index contributed by atoms with van der Waals surface area (Å²) in [6.45, 7) is 0.950. The van der Waals surface area contributed by atoms with Crippen LogP contribution in [0.4, 0.5) is 10.2 Å². The molecule has 1 amide bonds. The summed E-state index contributed by atoms with van der Waals surface area (Å²) in [5.41, 5.74) is 2.21. The highest BCUT2D eigenvalue weighted by Gasteiger charge is 2.07. The predicted octanol–water partition coefficient (Wildman–Crippen LogP) is 4.20. The zero-order valence-electron chi connectivity index (χ0n) is 15.0. The van der Waals surface area contributed by atoms with Crippen molar-refractivity contribution in [1.29, 1.82) is 0 Å². The van der Waals surface area contributed by atoms with Crippen LogP contribution >= 0.6 is 0 Å². The number of nitrogens with one attached hydrogen (secondary N) is 2. The maximum absolute atomic E-state index is 13.6. The highest BCUT2D eigenvalue weighted by atomic mass is 19.1. The molecule has 0 aliphatic heterocycles. The second kappa shape index (κ2) is 9.48. The van der Waals surface area contributed by atoms with Crippen molar-refractivity contribution in [2.45, 2.75) is 19.4 Å². The Balaban J connectivity index is 1.43. The smallest absolute Gasteiger partial charge is 0.253 e. The molecule has 0 saturated heterocycles. The van der Waals surface area contributed by atoms with Crippen molar-refractivity contribution >= 4 is 11.7 Å². The van der Waals surface area contributed by atoms with Gasteiger partial charge in [0.05, 0.1) is 5.56 Å². The Labute approximate surface area is 158 Å². The molecule has 0 aliphatic rings. The summed E-state index contributed by atoms with van der Waals surface area (Å²) in [5, 5.41) is 5.96. The fourth-order valence-electron chi connectivity index (χ4n) is 2.71. The number of halogens is 1. The molecule has 1 heterocycles. The molecule has 3 aromatic rings. The maximum atomic E-state index is 13.6. The Morgan fingerprint density at radius 1 is 0.963 bits per heavy atom. The predicted molar refractivity (Wildman–Crippen MR) is 105 cm³/mol. The number of hydrogen-bond donors (Lipinski definition) is 2. The first-order chi connectivity index (χ1) is 13.2. The normalized spacial score (nSPS) is 10.4. The summed E-state index contributed by atoms with van der Waals surface area (Å²) < 4.78 is 13.6. The van der Waals surface area contributed by atoms with E-state index in [2.05, 4.69) is 27.8 Å². The van der Waals surface area contributed by atoms with Crippen LogP contribution in [0.2, 0.25) is 0 Å². The van der Waals surface area contributed by atoms with Crippen LogP contribution in [0.3, 0.4) is 0 Å². The van der Waals surface area contributed by atoms with E-state index in [1.807, 2.05) is 18.2 Å². The summed E-state index contributed by atoms with van der Waals surface area (Å²) in [6, 6.07) is 20.2. The largest absolute Gasteiger partial charge is 0.370 e. The van der Waals surface area contributed by atoms with Gasteiger partial charge in [-0.3, -0.25) is 4.79 Å². The number of nitrogens with zero attached hydrogens (tertiary/aromatic N) is 1. The second-order valence-electron chi connectivity index (χ2n) is 6.22. The lowest BCUT2D eigenvalue weighted by Gasteiger charge is -2.08. The number of benzene rings is 2. The highest BCUT2D eigenvalue weighted by Crippen LogP contribution is 2.09. The van der Waals surface area contributed by atoms with Gasteiger partial charge >= 0.3 is 0 Å². The quantitative estimate of drug-likeness (QED) is 0.590. The van der Waals surface area contributed by atoms with Gasteiger partial charge in [-0.05, 0) is 36.6 Å². The molecule has 5 heteroatoms. The van der Waals surface area contributed by atoms with Crippen LogP contribution in [0.1, 0.15) is 27.9 Å². The van der Waals surface area contributed by atoms with Crippen molar-refractivity contribution in [3.63, 3.8) is 0 Å². The molecule has 0 bridgehead atoms. The monoisotopic (exact) mass is 363 g/mol. The minimum absolute atomic E-state index is 0.144. The number of amides is 1. The third-order valence-corrected chi connectivity index (χ3v) is 4.21. The topological polar surface area (TPSA) is 54.0 Å². The van der Waals surface area contributed by atoms with Gasteiger partial charge in [0, 0.05) is 24.8 Å². The van der Waals surface area contributed by atoms with Gasteiger partial charge in [0.1, 0.15) is 11.6 Å². The molecule has 0 spiro atoms. The lowest BCUT2D eigenvalue weighted by Crippen LogP contribution is -2.23. The molecule has 1 aromatic heterocycles. The Morgan fingerprint density at radius 2 is 1.74 bits per heavy atom. The number of pyridine rings is 1. The first-order valence-corrected chi connectivity index (χ1v) is 8.98. The van der Waals surface area contributed by atoms with E-state index in [0.29, 0.717) is 11.1 Å². The summed E-state index contributed by atoms with van der Waals surface area (Å²) >= 11 is 0. The van der Waals surface area contributed by atoms with E-state index >= 15 is 0 Å². The second-order valence-corrected chi connectivity index (χ2v) is 6.22. The first-order valence-electron chi connectivity index (χ1n) is 8.98. The lowest BCUT2D eigenvalue weighted by molar-refractivity contribution is 0.0950. The summed E-state index contributed by atoms with van der Waals surface area (Å²) in [6.07, 6.45) is 3.52. The van der Waals surface area contributed by atoms with Crippen LogP contribution < -0.4 is 10.6 Å². The number of hydrogen-bond acceptors (Lipinski definition) is 3. The van der Waals surface area contributed by atoms with Crippen molar-refractivity contribution in [2.24, 2.45) is 0 Å². The standard InChI is InChI=1S/C22H22FN3O/c23-20-11-5-4-10-18(20)15-26-22(27)19-12-13-21(25-16-19)24-14-6-9-17-7-2-1-3-8-17/h1-5,7-8,10-13,16H,6,9,14-15H2,(H,24,25)(H,26,27). The summed E-state index contributed by atoms with van der Waals surface area (Å²) in [7, 11) is 0. The highest BCUT2D eigenvalue weighted by molar-refractivity contribution is 5.94. The number of carbonyl (C=O) groups is 1. The van der Waals surface area contributed by atoms with Gasteiger partial charge in [0.25, 0.3) is 5.91 Å². The third kappa shape index (κ3) is 5.64. The van der Waals surface area contributed by atoms with Crippen molar-refractivity contribution in [1.82, 2.24) is 10.3 Å².